The predicted octanol–water partition coefficient (Wildman–Crippen LogP) is 0.437. The van der Waals surface area contributed by atoms with Crippen molar-refractivity contribution in [1.29, 1.82) is 5.26 Å². The van der Waals surface area contributed by atoms with Crippen molar-refractivity contribution in [3.63, 3.8) is 0 Å². The molecular formula is C11H23N3O. The summed E-state index contributed by atoms with van der Waals surface area (Å²) in [7, 11) is 1.92. The first-order valence-corrected chi connectivity index (χ1v) is 5.45. The molecule has 4 nitrogen and oxygen atoms in total. The second-order valence-corrected chi connectivity index (χ2v) is 4.47. The molecular weight excluding hydrogens is 190 g/mol. The Balaban J connectivity index is 3.67. The van der Waals surface area contributed by atoms with Gasteiger partial charge >= 0.3 is 0 Å². The number of aliphatic hydroxyl groups is 1. The molecule has 0 amide bonds. The number of nitrogens with one attached hydrogen (secondary N) is 1. The molecule has 0 aliphatic rings. The quantitative estimate of drug-likeness (QED) is 0.644. The largest absolute Gasteiger partial charge is 0.390 e. The van der Waals surface area contributed by atoms with Crippen LogP contribution in [0.1, 0.15) is 20.8 Å². The Morgan fingerprint density at radius 3 is 2.40 bits per heavy atom. The number of hydrogen-bond acceptors (Lipinski definition) is 4. The van der Waals surface area contributed by atoms with E-state index in [1.165, 1.54) is 0 Å². The van der Waals surface area contributed by atoms with Crippen LogP contribution in [0.4, 0.5) is 0 Å². The van der Waals surface area contributed by atoms with E-state index in [0.29, 0.717) is 25.7 Å². The average Bonchev–Trinajstić information content (AvgIpc) is 2.14. The molecule has 0 aliphatic heterocycles. The van der Waals surface area contributed by atoms with E-state index in [0.717, 1.165) is 0 Å². The summed E-state index contributed by atoms with van der Waals surface area (Å²) in [5, 5.41) is 21.5. The molecule has 0 rings (SSSR count). The SMILES string of the molecule is CC(C#N)CN(C)CC(O)CNC(C)C. The maximum absolute atomic E-state index is 9.67. The number of likely N-dealkylation sites (N-methyl/N-ethyl adjacent to an activating group) is 1. The number of nitriles is 1. The topological polar surface area (TPSA) is 59.3 Å². The molecule has 2 unspecified atom stereocenters. The lowest BCUT2D eigenvalue weighted by atomic mass is 10.2. The maximum Gasteiger partial charge on any atom is 0.0791 e. The molecule has 0 radical (unpaired) electrons. The monoisotopic (exact) mass is 213 g/mol. The smallest absolute Gasteiger partial charge is 0.0791 e. The van der Waals surface area contributed by atoms with Crippen LogP contribution >= 0.6 is 0 Å². The fourth-order valence-electron chi connectivity index (χ4n) is 1.38. The molecule has 0 aromatic heterocycles. The summed E-state index contributed by atoms with van der Waals surface area (Å²) in [6.07, 6.45) is -0.372. The molecule has 0 fully saturated rings. The highest BCUT2D eigenvalue weighted by Crippen LogP contribution is 1.97. The van der Waals surface area contributed by atoms with Crippen molar-refractivity contribution < 1.29 is 5.11 Å². The molecule has 0 saturated carbocycles. The third kappa shape index (κ3) is 8.37. The number of rotatable bonds is 7. The van der Waals surface area contributed by atoms with E-state index in [9.17, 15) is 5.11 Å². The molecule has 88 valence electrons. The molecule has 0 aromatic carbocycles. The Morgan fingerprint density at radius 2 is 1.93 bits per heavy atom. The zero-order valence-corrected chi connectivity index (χ0v) is 10.2. The molecule has 0 spiro atoms. The summed E-state index contributed by atoms with van der Waals surface area (Å²) in [5.41, 5.74) is 0. The van der Waals surface area contributed by atoms with Gasteiger partial charge in [-0.15, -0.1) is 0 Å². The lowest BCUT2D eigenvalue weighted by molar-refractivity contribution is 0.119. The van der Waals surface area contributed by atoms with Crippen molar-refractivity contribution in [3.8, 4) is 6.07 Å². The van der Waals surface area contributed by atoms with Gasteiger partial charge in [-0.25, -0.2) is 0 Å². The fraction of sp³-hybridized carbons (Fsp3) is 0.909. The highest BCUT2D eigenvalue weighted by molar-refractivity contribution is 4.81. The zero-order chi connectivity index (χ0) is 11.8. The van der Waals surface area contributed by atoms with Crippen LogP contribution < -0.4 is 5.32 Å². The molecule has 2 atom stereocenters. The van der Waals surface area contributed by atoms with E-state index < -0.39 is 0 Å². The molecule has 0 aromatic rings. The van der Waals surface area contributed by atoms with E-state index in [4.69, 9.17) is 5.26 Å². The van der Waals surface area contributed by atoms with E-state index in [1.54, 1.807) is 0 Å². The Bertz CT molecular complexity index is 200. The minimum absolute atomic E-state index is 0.0141. The summed E-state index contributed by atoms with van der Waals surface area (Å²) in [5.74, 6) is 0.0141. The van der Waals surface area contributed by atoms with Crippen LogP contribution in [0.15, 0.2) is 0 Å². The van der Waals surface area contributed by atoms with Gasteiger partial charge in [0.15, 0.2) is 0 Å². The van der Waals surface area contributed by atoms with Gasteiger partial charge in [0.05, 0.1) is 18.1 Å². The average molecular weight is 213 g/mol. The molecule has 15 heavy (non-hydrogen) atoms. The maximum atomic E-state index is 9.67. The minimum atomic E-state index is -0.372. The zero-order valence-electron chi connectivity index (χ0n) is 10.2. The van der Waals surface area contributed by atoms with Gasteiger partial charge < -0.3 is 15.3 Å². The lowest BCUT2D eigenvalue weighted by Crippen LogP contribution is -2.39. The first-order chi connectivity index (χ1) is 6.95. The Kier molecular flexibility index (Phi) is 7.31. The van der Waals surface area contributed by atoms with Gasteiger partial charge in [0.25, 0.3) is 0 Å². The summed E-state index contributed by atoms with van der Waals surface area (Å²) in [6, 6.07) is 2.57. The minimum Gasteiger partial charge on any atom is -0.390 e. The van der Waals surface area contributed by atoms with Gasteiger partial charge in [-0.05, 0) is 14.0 Å². The number of aliphatic hydroxyl groups excluding tert-OH is 1. The highest BCUT2D eigenvalue weighted by Gasteiger charge is 2.10. The molecule has 0 heterocycles. The first-order valence-electron chi connectivity index (χ1n) is 5.45. The van der Waals surface area contributed by atoms with Crippen molar-refractivity contribution in [2.24, 2.45) is 5.92 Å². The lowest BCUT2D eigenvalue weighted by Gasteiger charge is -2.22. The van der Waals surface area contributed by atoms with Gasteiger partial charge in [0.1, 0.15) is 0 Å². The van der Waals surface area contributed by atoms with Crippen LogP contribution in [0.3, 0.4) is 0 Å². The molecule has 4 heteroatoms. The Hall–Kier alpha value is -0.630. The predicted molar refractivity (Wildman–Crippen MR) is 61.4 cm³/mol. The van der Waals surface area contributed by atoms with E-state index in [-0.39, 0.29) is 12.0 Å². The summed E-state index contributed by atoms with van der Waals surface area (Å²) >= 11 is 0. The van der Waals surface area contributed by atoms with Crippen molar-refractivity contribution in [3.05, 3.63) is 0 Å². The summed E-state index contributed by atoms with van der Waals surface area (Å²) < 4.78 is 0. The van der Waals surface area contributed by atoms with Crippen LogP contribution in [-0.4, -0.2) is 48.8 Å². The van der Waals surface area contributed by atoms with E-state index in [1.807, 2.05) is 32.7 Å². The summed E-state index contributed by atoms with van der Waals surface area (Å²) in [4.78, 5) is 1.99. The normalized spacial score (nSPS) is 15.3. The van der Waals surface area contributed by atoms with E-state index in [2.05, 4.69) is 11.4 Å². The number of hydrogen-bond donors (Lipinski definition) is 2. The van der Waals surface area contributed by atoms with Crippen LogP contribution in [-0.2, 0) is 0 Å². The van der Waals surface area contributed by atoms with Crippen molar-refractivity contribution in [2.75, 3.05) is 26.7 Å². The second kappa shape index (κ2) is 7.63. The highest BCUT2D eigenvalue weighted by atomic mass is 16.3. The molecule has 2 N–H and O–H groups in total. The van der Waals surface area contributed by atoms with Crippen molar-refractivity contribution >= 4 is 0 Å². The van der Waals surface area contributed by atoms with Crippen molar-refractivity contribution in [1.82, 2.24) is 10.2 Å². The van der Waals surface area contributed by atoms with Gasteiger partial charge in [0, 0.05) is 25.7 Å². The number of nitrogens with zero attached hydrogens (tertiary/aromatic N) is 2. The van der Waals surface area contributed by atoms with Gasteiger partial charge in [0.2, 0.25) is 0 Å². The third-order valence-corrected chi connectivity index (χ3v) is 2.09. The van der Waals surface area contributed by atoms with Crippen LogP contribution in [0.5, 0.6) is 0 Å². The molecule has 0 saturated heterocycles. The standard InChI is InChI=1S/C11H23N3O/c1-9(2)13-6-11(15)8-14(4)7-10(3)5-12/h9-11,13,15H,6-8H2,1-4H3. The van der Waals surface area contributed by atoms with Gasteiger partial charge in [-0.3, -0.25) is 0 Å². The third-order valence-electron chi connectivity index (χ3n) is 2.09. The molecule has 0 bridgehead atoms. The Morgan fingerprint density at radius 1 is 1.33 bits per heavy atom. The van der Waals surface area contributed by atoms with Crippen LogP contribution in [0, 0.1) is 17.2 Å². The van der Waals surface area contributed by atoms with E-state index >= 15 is 0 Å². The fourth-order valence-corrected chi connectivity index (χ4v) is 1.38. The van der Waals surface area contributed by atoms with Gasteiger partial charge in [-0.1, -0.05) is 13.8 Å². The van der Waals surface area contributed by atoms with Crippen molar-refractivity contribution in [2.45, 2.75) is 32.9 Å². The Labute approximate surface area is 92.9 Å². The van der Waals surface area contributed by atoms with Crippen LogP contribution in [0.2, 0.25) is 0 Å². The first kappa shape index (κ1) is 14.4. The summed E-state index contributed by atoms with van der Waals surface area (Å²) in [6.45, 7) is 7.89. The van der Waals surface area contributed by atoms with Gasteiger partial charge in [-0.2, -0.15) is 5.26 Å². The van der Waals surface area contributed by atoms with Crippen LogP contribution in [0.25, 0.3) is 0 Å². The second-order valence-electron chi connectivity index (χ2n) is 4.47. The molecule has 0 aliphatic carbocycles.